The van der Waals surface area contributed by atoms with Crippen LogP contribution in [0, 0.1) is 0 Å². The summed E-state index contributed by atoms with van der Waals surface area (Å²) in [4.78, 5) is 12.5. The van der Waals surface area contributed by atoms with Crippen molar-refractivity contribution in [2.75, 3.05) is 13.7 Å². The van der Waals surface area contributed by atoms with Crippen LogP contribution in [0.5, 0.6) is 5.75 Å². The van der Waals surface area contributed by atoms with Crippen LogP contribution >= 0.6 is 0 Å². The third-order valence-electron chi connectivity index (χ3n) is 3.65. The quantitative estimate of drug-likeness (QED) is 0.847. The van der Waals surface area contributed by atoms with Gasteiger partial charge < -0.3 is 14.8 Å². The summed E-state index contributed by atoms with van der Waals surface area (Å²) in [5, 5.41) is 3.01. The lowest BCUT2D eigenvalue weighted by atomic mass is 10.1. The minimum atomic E-state index is -0.109. The second-order valence-electron chi connectivity index (χ2n) is 5.27. The average molecular weight is 313 g/mol. The maximum Gasteiger partial charge on any atom is 0.251 e. The number of nitrogens with one attached hydrogen (secondary N) is 1. The molecular weight excluding hydrogens is 290 g/mol. The molecular formula is C19H23NO3. The molecule has 2 aromatic carbocycles. The summed E-state index contributed by atoms with van der Waals surface area (Å²) in [6.45, 7) is 4.95. The Morgan fingerprint density at radius 2 is 1.91 bits per heavy atom. The SMILES string of the molecule is CCOCc1cc(C(=O)N[C@@H](C)c2ccccc2)ccc1OC. The summed E-state index contributed by atoms with van der Waals surface area (Å²) >= 11 is 0. The highest BCUT2D eigenvalue weighted by Crippen LogP contribution is 2.21. The number of carbonyl (C=O) groups is 1. The Kier molecular flexibility index (Phi) is 6.18. The molecule has 0 fully saturated rings. The van der Waals surface area contributed by atoms with Crippen LogP contribution in [0.15, 0.2) is 48.5 Å². The molecule has 0 radical (unpaired) electrons. The van der Waals surface area contributed by atoms with Crippen molar-refractivity contribution in [3.05, 3.63) is 65.2 Å². The largest absolute Gasteiger partial charge is 0.496 e. The van der Waals surface area contributed by atoms with E-state index in [-0.39, 0.29) is 11.9 Å². The first-order chi connectivity index (χ1) is 11.2. The first-order valence-corrected chi connectivity index (χ1v) is 7.76. The van der Waals surface area contributed by atoms with Crippen molar-refractivity contribution in [3.63, 3.8) is 0 Å². The standard InChI is InChI=1S/C19H23NO3/c1-4-23-13-17-12-16(10-11-18(17)22-3)19(21)20-14(2)15-8-6-5-7-9-15/h5-12,14H,4,13H2,1-3H3,(H,20,21)/t14-/m0/s1. The minimum absolute atomic E-state index is 0.0545. The van der Waals surface area contributed by atoms with Gasteiger partial charge in [0.05, 0.1) is 19.8 Å². The fraction of sp³-hybridized carbons (Fsp3) is 0.316. The van der Waals surface area contributed by atoms with Crippen LogP contribution in [-0.2, 0) is 11.3 Å². The lowest BCUT2D eigenvalue weighted by Crippen LogP contribution is -2.26. The van der Waals surface area contributed by atoms with Gasteiger partial charge in [-0.2, -0.15) is 0 Å². The molecule has 0 spiro atoms. The fourth-order valence-corrected chi connectivity index (χ4v) is 2.35. The first-order valence-electron chi connectivity index (χ1n) is 7.76. The molecule has 0 unspecified atom stereocenters. The molecule has 1 N–H and O–H groups in total. The second-order valence-corrected chi connectivity index (χ2v) is 5.27. The fourth-order valence-electron chi connectivity index (χ4n) is 2.35. The Bertz CT molecular complexity index is 640. The summed E-state index contributed by atoms with van der Waals surface area (Å²) in [5.41, 5.74) is 2.54. The van der Waals surface area contributed by atoms with Gasteiger partial charge in [-0.15, -0.1) is 0 Å². The van der Waals surface area contributed by atoms with E-state index in [1.165, 1.54) is 0 Å². The zero-order valence-electron chi connectivity index (χ0n) is 13.8. The molecule has 1 amide bonds. The van der Waals surface area contributed by atoms with E-state index in [0.717, 1.165) is 16.9 Å². The van der Waals surface area contributed by atoms with Crippen molar-refractivity contribution in [1.29, 1.82) is 0 Å². The summed E-state index contributed by atoms with van der Waals surface area (Å²) in [6, 6.07) is 15.2. The van der Waals surface area contributed by atoms with E-state index in [0.29, 0.717) is 18.8 Å². The van der Waals surface area contributed by atoms with Crippen LogP contribution in [0.3, 0.4) is 0 Å². The van der Waals surface area contributed by atoms with Gasteiger partial charge in [-0.25, -0.2) is 0 Å². The predicted octanol–water partition coefficient (Wildman–Crippen LogP) is 3.72. The second kappa shape index (κ2) is 8.34. The van der Waals surface area contributed by atoms with E-state index >= 15 is 0 Å². The van der Waals surface area contributed by atoms with Crippen LogP contribution in [-0.4, -0.2) is 19.6 Å². The zero-order chi connectivity index (χ0) is 16.7. The molecule has 23 heavy (non-hydrogen) atoms. The van der Waals surface area contributed by atoms with Crippen molar-refractivity contribution in [2.45, 2.75) is 26.5 Å². The molecule has 1 atom stereocenters. The molecule has 0 aromatic heterocycles. The van der Waals surface area contributed by atoms with Crippen LogP contribution in [0.2, 0.25) is 0 Å². The number of benzene rings is 2. The highest BCUT2D eigenvalue weighted by Gasteiger charge is 2.13. The van der Waals surface area contributed by atoms with Crippen LogP contribution < -0.4 is 10.1 Å². The van der Waals surface area contributed by atoms with Gasteiger partial charge in [0.1, 0.15) is 5.75 Å². The van der Waals surface area contributed by atoms with Gasteiger partial charge in [0.2, 0.25) is 0 Å². The van der Waals surface area contributed by atoms with E-state index in [1.807, 2.05) is 50.2 Å². The van der Waals surface area contributed by atoms with Crippen LogP contribution in [0.1, 0.15) is 41.4 Å². The Hall–Kier alpha value is -2.33. The molecule has 0 aliphatic rings. The molecule has 0 saturated heterocycles. The van der Waals surface area contributed by atoms with Gasteiger partial charge in [-0.3, -0.25) is 4.79 Å². The average Bonchev–Trinajstić information content (AvgIpc) is 2.60. The molecule has 0 heterocycles. The third kappa shape index (κ3) is 4.57. The van der Waals surface area contributed by atoms with Gasteiger partial charge in [0, 0.05) is 17.7 Å². The molecule has 0 aliphatic carbocycles. The van der Waals surface area contributed by atoms with Crippen molar-refractivity contribution in [3.8, 4) is 5.75 Å². The number of hydrogen-bond acceptors (Lipinski definition) is 3. The van der Waals surface area contributed by atoms with Crippen LogP contribution in [0.25, 0.3) is 0 Å². The molecule has 2 aromatic rings. The molecule has 4 heteroatoms. The Labute approximate surface area is 137 Å². The molecule has 0 bridgehead atoms. The van der Waals surface area contributed by atoms with E-state index in [4.69, 9.17) is 9.47 Å². The molecule has 0 saturated carbocycles. The number of amides is 1. The normalized spacial score (nSPS) is 11.8. The summed E-state index contributed by atoms with van der Waals surface area (Å²) < 4.78 is 10.8. The maximum atomic E-state index is 12.5. The maximum absolute atomic E-state index is 12.5. The monoisotopic (exact) mass is 313 g/mol. The molecule has 0 aliphatic heterocycles. The summed E-state index contributed by atoms with van der Waals surface area (Å²) in [5.74, 6) is 0.618. The number of hydrogen-bond donors (Lipinski definition) is 1. The van der Waals surface area contributed by atoms with Crippen molar-refractivity contribution in [2.24, 2.45) is 0 Å². The zero-order valence-corrected chi connectivity index (χ0v) is 13.8. The Morgan fingerprint density at radius 3 is 2.57 bits per heavy atom. The Morgan fingerprint density at radius 1 is 1.17 bits per heavy atom. The van der Waals surface area contributed by atoms with E-state index in [1.54, 1.807) is 19.2 Å². The topological polar surface area (TPSA) is 47.6 Å². The minimum Gasteiger partial charge on any atom is -0.496 e. The van der Waals surface area contributed by atoms with E-state index < -0.39 is 0 Å². The molecule has 4 nitrogen and oxygen atoms in total. The lowest BCUT2D eigenvalue weighted by molar-refractivity contribution is 0.0939. The van der Waals surface area contributed by atoms with Crippen molar-refractivity contribution in [1.82, 2.24) is 5.32 Å². The number of rotatable bonds is 7. The van der Waals surface area contributed by atoms with Crippen molar-refractivity contribution >= 4 is 5.91 Å². The van der Waals surface area contributed by atoms with Crippen LogP contribution in [0.4, 0.5) is 0 Å². The van der Waals surface area contributed by atoms with Gasteiger partial charge in [0.25, 0.3) is 5.91 Å². The predicted molar refractivity (Wildman–Crippen MR) is 90.6 cm³/mol. The number of carbonyl (C=O) groups excluding carboxylic acids is 1. The van der Waals surface area contributed by atoms with Crippen molar-refractivity contribution < 1.29 is 14.3 Å². The highest BCUT2D eigenvalue weighted by molar-refractivity contribution is 5.94. The molecule has 122 valence electrons. The van der Waals surface area contributed by atoms with Gasteiger partial charge in [-0.1, -0.05) is 30.3 Å². The number of methoxy groups -OCH3 is 1. The highest BCUT2D eigenvalue weighted by atomic mass is 16.5. The smallest absolute Gasteiger partial charge is 0.251 e. The Balaban J connectivity index is 2.12. The van der Waals surface area contributed by atoms with E-state index in [2.05, 4.69) is 5.32 Å². The summed E-state index contributed by atoms with van der Waals surface area (Å²) in [7, 11) is 1.61. The first kappa shape index (κ1) is 17.0. The third-order valence-corrected chi connectivity index (χ3v) is 3.65. The number of ether oxygens (including phenoxy) is 2. The summed E-state index contributed by atoms with van der Waals surface area (Å²) in [6.07, 6.45) is 0. The van der Waals surface area contributed by atoms with Gasteiger partial charge >= 0.3 is 0 Å². The van der Waals surface area contributed by atoms with Gasteiger partial charge in [0.15, 0.2) is 0 Å². The molecule has 2 rings (SSSR count). The lowest BCUT2D eigenvalue weighted by Gasteiger charge is -2.15. The van der Waals surface area contributed by atoms with E-state index in [9.17, 15) is 4.79 Å². The van der Waals surface area contributed by atoms with Gasteiger partial charge in [-0.05, 0) is 37.6 Å².